The summed E-state index contributed by atoms with van der Waals surface area (Å²) in [5.74, 6) is -0.693. The van der Waals surface area contributed by atoms with Crippen LogP contribution in [0, 0.1) is 0 Å². The summed E-state index contributed by atoms with van der Waals surface area (Å²) in [5.41, 5.74) is 0. The Hall–Kier alpha value is -0.610. The molecule has 1 heterocycles. The van der Waals surface area contributed by atoms with E-state index in [0.29, 0.717) is 18.2 Å². The lowest BCUT2D eigenvalue weighted by molar-refractivity contribution is -0.141. The highest BCUT2D eigenvalue weighted by atomic mass is 16.5. The molecule has 2 aliphatic rings. The Morgan fingerprint density at radius 3 is 2.61 bits per heavy atom. The van der Waals surface area contributed by atoms with Gasteiger partial charge in [-0.2, -0.15) is 0 Å². The van der Waals surface area contributed by atoms with Crippen LogP contribution in [-0.2, 0) is 9.53 Å². The zero-order chi connectivity index (χ0) is 13.0. The zero-order valence-corrected chi connectivity index (χ0v) is 11.3. The van der Waals surface area contributed by atoms with E-state index >= 15 is 0 Å². The van der Waals surface area contributed by atoms with Gasteiger partial charge in [0.25, 0.3) is 0 Å². The molecule has 1 saturated heterocycles. The first-order valence-corrected chi connectivity index (χ1v) is 7.29. The van der Waals surface area contributed by atoms with Crippen molar-refractivity contribution in [1.82, 2.24) is 4.90 Å². The lowest BCUT2D eigenvalue weighted by Crippen LogP contribution is -2.48. The molecule has 0 aromatic heterocycles. The van der Waals surface area contributed by atoms with Crippen LogP contribution in [-0.4, -0.2) is 47.3 Å². The maximum atomic E-state index is 11.1. The summed E-state index contributed by atoms with van der Waals surface area (Å²) < 4.78 is 5.70. The van der Waals surface area contributed by atoms with Gasteiger partial charge < -0.3 is 9.84 Å². The largest absolute Gasteiger partial charge is 0.480 e. The van der Waals surface area contributed by atoms with Crippen molar-refractivity contribution in [3.8, 4) is 0 Å². The van der Waals surface area contributed by atoms with E-state index in [0.717, 1.165) is 25.9 Å². The maximum absolute atomic E-state index is 11.1. The molecule has 4 nitrogen and oxygen atoms in total. The molecule has 2 rings (SSSR count). The lowest BCUT2D eigenvalue weighted by Gasteiger charge is -2.39. The fraction of sp³-hybridized carbons (Fsp3) is 0.929. The molecule has 1 saturated carbocycles. The van der Waals surface area contributed by atoms with Gasteiger partial charge >= 0.3 is 5.97 Å². The molecule has 0 aromatic rings. The predicted molar refractivity (Wildman–Crippen MR) is 69.7 cm³/mol. The smallest absolute Gasteiger partial charge is 0.317 e. The Balaban J connectivity index is 1.99. The van der Waals surface area contributed by atoms with Crippen LogP contribution in [0.25, 0.3) is 0 Å². The third-order valence-corrected chi connectivity index (χ3v) is 4.38. The SMILES string of the molecule is CCC1CC(N(CC(=O)O)C2CCCC2)CCO1. The average Bonchev–Trinajstić information content (AvgIpc) is 2.89. The van der Waals surface area contributed by atoms with Crippen molar-refractivity contribution >= 4 is 5.97 Å². The van der Waals surface area contributed by atoms with Crippen molar-refractivity contribution in [2.45, 2.75) is 70.1 Å². The number of nitrogens with zero attached hydrogens (tertiary/aromatic N) is 1. The summed E-state index contributed by atoms with van der Waals surface area (Å²) >= 11 is 0. The molecule has 0 bridgehead atoms. The molecule has 0 aromatic carbocycles. The summed E-state index contributed by atoms with van der Waals surface area (Å²) in [7, 11) is 0. The minimum atomic E-state index is -0.693. The van der Waals surface area contributed by atoms with E-state index in [9.17, 15) is 4.79 Å². The highest BCUT2D eigenvalue weighted by Crippen LogP contribution is 2.29. The molecule has 0 amide bonds. The number of carbonyl (C=O) groups is 1. The van der Waals surface area contributed by atoms with Crippen LogP contribution < -0.4 is 0 Å². The van der Waals surface area contributed by atoms with E-state index in [1.54, 1.807) is 0 Å². The van der Waals surface area contributed by atoms with Crippen molar-refractivity contribution in [2.75, 3.05) is 13.2 Å². The molecular formula is C14H25NO3. The third-order valence-electron chi connectivity index (χ3n) is 4.38. The van der Waals surface area contributed by atoms with Gasteiger partial charge in [0.2, 0.25) is 0 Å². The average molecular weight is 255 g/mol. The Bertz CT molecular complexity index is 276. The topological polar surface area (TPSA) is 49.8 Å². The predicted octanol–water partition coefficient (Wildman–Crippen LogP) is 2.27. The summed E-state index contributed by atoms with van der Waals surface area (Å²) in [6.45, 7) is 3.13. The number of carboxylic acid groups (broad SMARTS) is 1. The van der Waals surface area contributed by atoms with Crippen molar-refractivity contribution in [1.29, 1.82) is 0 Å². The standard InChI is InChI=1S/C14H25NO3/c1-2-13-9-12(7-8-18-13)15(10-14(16)17)11-5-3-4-6-11/h11-13H,2-10H2,1H3,(H,16,17). The number of rotatable bonds is 5. The van der Waals surface area contributed by atoms with Gasteiger partial charge in [-0.25, -0.2) is 0 Å². The van der Waals surface area contributed by atoms with Gasteiger partial charge in [0.05, 0.1) is 12.6 Å². The molecule has 0 spiro atoms. The maximum Gasteiger partial charge on any atom is 0.317 e. The van der Waals surface area contributed by atoms with Crippen molar-refractivity contribution in [3.63, 3.8) is 0 Å². The van der Waals surface area contributed by atoms with Crippen LogP contribution in [0.3, 0.4) is 0 Å². The zero-order valence-electron chi connectivity index (χ0n) is 11.3. The van der Waals surface area contributed by atoms with Crippen molar-refractivity contribution < 1.29 is 14.6 Å². The molecule has 104 valence electrons. The van der Waals surface area contributed by atoms with Crippen molar-refractivity contribution in [3.05, 3.63) is 0 Å². The summed E-state index contributed by atoms with van der Waals surface area (Å²) in [6.07, 6.45) is 8.18. The first kappa shape index (κ1) is 13.8. The lowest BCUT2D eigenvalue weighted by atomic mass is 9.98. The van der Waals surface area contributed by atoms with E-state index in [-0.39, 0.29) is 6.54 Å². The second-order valence-electron chi connectivity index (χ2n) is 5.58. The minimum absolute atomic E-state index is 0.200. The van der Waals surface area contributed by atoms with E-state index < -0.39 is 5.97 Å². The molecule has 2 unspecified atom stereocenters. The van der Waals surface area contributed by atoms with Crippen LogP contribution in [0.2, 0.25) is 0 Å². The van der Waals surface area contributed by atoms with Crippen LogP contribution in [0.5, 0.6) is 0 Å². The van der Waals surface area contributed by atoms with E-state index in [1.807, 2.05) is 0 Å². The Morgan fingerprint density at radius 2 is 2.00 bits per heavy atom. The first-order valence-electron chi connectivity index (χ1n) is 7.29. The summed E-state index contributed by atoms with van der Waals surface area (Å²) in [6, 6.07) is 0.893. The first-order chi connectivity index (χ1) is 8.70. The fourth-order valence-corrected chi connectivity index (χ4v) is 3.39. The Morgan fingerprint density at radius 1 is 1.28 bits per heavy atom. The van der Waals surface area contributed by atoms with Gasteiger partial charge in [-0.05, 0) is 32.1 Å². The van der Waals surface area contributed by atoms with E-state index in [1.165, 1.54) is 25.7 Å². The highest BCUT2D eigenvalue weighted by Gasteiger charge is 2.33. The molecule has 1 aliphatic carbocycles. The third kappa shape index (κ3) is 3.45. The van der Waals surface area contributed by atoms with Gasteiger partial charge in [0, 0.05) is 18.7 Å². The molecule has 1 aliphatic heterocycles. The number of hydrogen-bond donors (Lipinski definition) is 1. The van der Waals surface area contributed by atoms with Crippen LogP contribution in [0.15, 0.2) is 0 Å². The highest BCUT2D eigenvalue weighted by molar-refractivity contribution is 5.69. The quantitative estimate of drug-likeness (QED) is 0.818. The van der Waals surface area contributed by atoms with Gasteiger partial charge in [0.15, 0.2) is 0 Å². The normalized spacial score (nSPS) is 29.9. The van der Waals surface area contributed by atoms with Crippen molar-refractivity contribution in [2.24, 2.45) is 0 Å². The molecule has 4 heteroatoms. The fourth-order valence-electron chi connectivity index (χ4n) is 3.39. The number of ether oxygens (including phenoxy) is 1. The number of hydrogen-bond acceptors (Lipinski definition) is 3. The van der Waals surface area contributed by atoms with Gasteiger partial charge in [-0.3, -0.25) is 9.69 Å². The molecule has 18 heavy (non-hydrogen) atoms. The molecular weight excluding hydrogens is 230 g/mol. The second-order valence-corrected chi connectivity index (χ2v) is 5.58. The second kappa shape index (κ2) is 6.53. The van der Waals surface area contributed by atoms with Crippen LogP contribution in [0.1, 0.15) is 51.9 Å². The van der Waals surface area contributed by atoms with Gasteiger partial charge in [0.1, 0.15) is 0 Å². The van der Waals surface area contributed by atoms with E-state index in [2.05, 4.69) is 11.8 Å². The molecule has 1 N–H and O–H groups in total. The minimum Gasteiger partial charge on any atom is -0.480 e. The monoisotopic (exact) mass is 255 g/mol. The Labute approximate surface area is 109 Å². The molecule has 2 atom stereocenters. The molecule has 2 fully saturated rings. The van der Waals surface area contributed by atoms with Crippen LogP contribution >= 0.6 is 0 Å². The number of aliphatic carboxylic acids is 1. The van der Waals surface area contributed by atoms with Gasteiger partial charge in [-0.15, -0.1) is 0 Å². The van der Waals surface area contributed by atoms with E-state index in [4.69, 9.17) is 9.84 Å². The van der Waals surface area contributed by atoms with Gasteiger partial charge in [-0.1, -0.05) is 19.8 Å². The number of carboxylic acids is 1. The summed E-state index contributed by atoms with van der Waals surface area (Å²) in [4.78, 5) is 13.3. The van der Waals surface area contributed by atoms with Crippen LogP contribution in [0.4, 0.5) is 0 Å². The summed E-state index contributed by atoms with van der Waals surface area (Å²) in [5, 5.41) is 9.13. The molecule has 0 radical (unpaired) electrons. The Kier molecular flexibility index (Phi) is 5.01.